The van der Waals surface area contributed by atoms with Crippen molar-refractivity contribution >= 4 is 23.0 Å². The number of ether oxygens (including phenoxy) is 1. The Morgan fingerprint density at radius 2 is 1.70 bits per heavy atom. The quantitative estimate of drug-likeness (QED) is 0.815. The Morgan fingerprint density at radius 1 is 1.09 bits per heavy atom. The molecule has 2 aromatic rings. The Kier molecular flexibility index (Phi) is 5.99. The Labute approximate surface area is 144 Å². The molecule has 0 unspecified atom stereocenters. The minimum atomic E-state index is 0.684. The van der Waals surface area contributed by atoms with Gasteiger partial charge < -0.3 is 15.0 Å². The van der Waals surface area contributed by atoms with Crippen molar-refractivity contribution < 1.29 is 4.74 Å². The first-order valence-electron chi connectivity index (χ1n) is 7.80. The fraction of sp³-hybridized carbons (Fsp3) is 0.316. The van der Waals surface area contributed by atoms with E-state index in [4.69, 9.17) is 17.0 Å². The average molecular weight is 328 g/mol. The number of thiocarbonyl (C=S) groups is 1. The maximum absolute atomic E-state index is 5.50. The Morgan fingerprint density at radius 3 is 2.26 bits per heavy atom. The monoisotopic (exact) mass is 328 g/mol. The van der Waals surface area contributed by atoms with Crippen LogP contribution in [0.15, 0.2) is 42.5 Å². The molecular weight excluding hydrogens is 304 g/mol. The number of nitrogens with one attached hydrogen (secondary N) is 1. The normalized spacial score (nSPS) is 10.3. The Bertz CT molecular complexity index is 647. The second-order valence-electron chi connectivity index (χ2n) is 5.74. The molecule has 0 heterocycles. The fourth-order valence-corrected chi connectivity index (χ4v) is 2.65. The van der Waals surface area contributed by atoms with E-state index in [2.05, 4.69) is 49.5 Å². The lowest BCUT2D eigenvalue weighted by atomic mass is 10.1. The number of benzene rings is 2. The lowest BCUT2D eigenvalue weighted by Crippen LogP contribution is -2.30. The molecular formula is C19H24N2OS. The first-order valence-corrected chi connectivity index (χ1v) is 8.21. The van der Waals surface area contributed by atoms with Gasteiger partial charge >= 0.3 is 0 Å². The molecule has 2 rings (SSSR count). The zero-order valence-electron chi connectivity index (χ0n) is 14.2. The van der Waals surface area contributed by atoms with E-state index >= 15 is 0 Å². The van der Waals surface area contributed by atoms with Crippen LogP contribution in [0, 0.1) is 13.8 Å². The summed E-state index contributed by atoms with van der Waals surface area (Å²) >= 11 is 5.50. The van der Waals surface area contributed by atoms with Crippen LogP contribution in [0.5, 0.6) is 5.75 Å². The van der Waals surface area contributed by atoms with Gasteiger partial charge in [0.2, 0.25) is 0 Å². The summed E-state index contributed by atoms with van der Waals surface area (Å²) in [5, 5.41) is 4.02. The van der Waals surface area contributed by atoms with Crippen LogP contribution in [0.2, 0.25) is 0 Å². The highest BCUT2D eigenvalue weighted by atomic mass is 32.1. The van der Waals surface area contributed by atoms with Crippen LogP contribution in [0.4, 0.5) is 5.69 Å². The van der Waals surface area contributed by atoms with Crippen molar-refractivity contribution in [2.45, 2.75) is 27.3 Å². The average Bonchev–Trinajstić information content (AvgIpc) is 2.48. The van der Waals surface area contributed by atoms with Gasteiger partial charge in [0, 0.05) is 19.3 Å². The predicted molar refractivity (Wildman–Crippen MR) is 101 cm³/mol. The van der Waals surface area contributed by atoms with Crippen molar-refractivity contribution in [3.63, 3.8) is 0 Å². The SMILES string of the molecule is CCOc1ccc(CN(C)C(=S)Nc2cc(C)cc(C)c2)cc1. The van der Waals surface area contributed by atoms with Crippen molar-refractivity contribution in [1.82, 2.24) is 4.90 Å². The van der Waals surface area contributed by atoms with Crippen molar-refractivity contribution in [3.05, 3.63) is 59.2 Å². The lowest BCUT2D eigenvalue weighted by Gasteiger charge is -2.21. The van der Waals surface area contributed by atoms with Gasteiger partial charge in [0.1, 0.15) is 5.75 Å². The second-order valence-corrected chi connectivity index (χ2v) is 6.13. The van der Waals surface area contributed by atoms with Crippen molar-refractivity contribution in [1.29, 1.82) is 0 Å². The number of hydrogen-bond acceptors (Lipinski definition) is 2. The zero-order valence-corrected chi connectivity index (χ0v) is 15.0. The van der Waals surface area contributed by atoms with Gasteiger partial charge in [0.25, 0.3) is 0 Å². The Balaban J connectivity index is 1.96. The highest BCUT2D eigenvalue weighted by molar-refractivity contribution is 7.80. The largest absolute Gasteiger partial charge is 0.494 e. The smallest absolute Gasteiger partial charge is 0.173 e. The van der Waals surface area contributed by atoms with Crippen molar-refractivity contribution in [2.24, 2.45) is 0 Å². The molecule has 0 aliphatic carbocycles. The molecule has 0 spiro atoms. The van der Waals surface area contributed by atoms with Gasteiger partial charge in [-0.25, -0.2) is 0 Å². The van der Waals surface area contributed by atoms with Crippen LogP contribution in [-0.2, 0) is 6.54 Å². The van der Waals surface area contributed by atoms with Crippen molar-refractivity contribution in [2.75, 3.05) is 19.0 Å². The van der Waals surface area contributed by atoms with Crippen LogP contribution >= 0.6 is 12.2 Å². The molecule has 0 aliphatic heterocycles. The zero-order chi connectivity index (χ0) is 16.8. The summed E-state index contributed by atoms with van der Waals surface area (Å²) in [6, 6.07) is 14.5. The van der Waals surface area contributed by atoms with E-state index in [9.17, 15) is 0 Å². The molecule has 0 saturated carbocycles. The molecule has 0 saturated heterocycles. The first kappa shape index (κ1) is 17.3. The van der Waals surface area contributed by atoms with Crippen molar-refractivity contribution in [3.8, 4) is 5.75 Å². The minimum Gasteiger partial charge on any atom is -0.494 e. The van der Waals surface area contributed by atoms with Gasteiger partial charge in [-0.05, 0) is 73.9 Å². The summed E-state index contributed by atoms with van der Waals surface area (Å²) < 4.78 is 5.46. The fourth-order valence-electron chi connectivity index (χ4n) is 2.47. The second kappa shape index (κ2) is 7.97. The van der Waals surface area contributed by atoms with E-state index in [1.165, 1.54) is 16.7 Å². The van der Waals surface area contributed by atoms with Crippen LogP contribution in [0.25, 0.3) is 0 Å². The number of aryl methyl sites for hydroxylation is 2. The maximum atomic E-state index is 5.50. The summed E-state index contributed by atoms with van der Waals surface area (Å²) in [5.41, 5.74) is 4.68. The molecule has 0 atom stereocenters. The molecule has 0 radical (unpaired) electrons. The van der Waals surface area contributed by atoms with E-state index in [1.807, 2.05) is 31.0 Å². The molecule has 3 nitrogen and oxygen atoms in total. The van der Waals surface area contributed by atoms with Gasteiger partial charge in [-0.15, -0.1) is 0 Å². The maximum Gasteiger partial charge on any atom is 0.173 e. The first-order chi connectivity index (χ1) is 11.0. The van der Waals surface area contributed by atoms with Crippen LogP contribution in [0.1, 0.15) is 23.6 Å². The molecule has 1 N–H and O–H groups in total. The minimum absolute atomic E-state index is 0.684. The molecule has 0 bridgehead atoms. The summed E-state index contributed by atoms with van der Waals surface area (Å²) in [4.78, 5) is 2.03. The number of hydrogen-bond donors (Lipinski definition) is 1. The van der Waals surface area contributed by atoms with Gasteiger partial charge in [-0.3, -0.25) is 0 Å². The lowest BCUT2D eigenvalue weighted by molar-refractivity contribution is 0.340. The summed E-state index contributed by atoms with van der Waals surface area (Å²) in [6.07, 6.45) is 0. The van der Waals surface area contributed by atoms with E-state index in [0.29, 0.717) is 11.7 Å². The molecule has 4 heteroatoms. The van der Waals surface area contributed by atoms with Crippen LogP contribution in [0.3, 0.4) is 0 Å². The third-order valence-corrected chi connectivity index (χ3v) is 3.89. The topological polar surface area (TPSA) is 24.5 Å². The molecule has 0 aliphatic rings. The Hall–Kier alpha value is -2.07. The predicted octanol–water partition coefficient (Wildman–Crippen LogP) is 4.53. The summed E-state index contributed by atoms with van der Waals surface area (Å²) in [5.74, 6) is 0.898. The number of anilines is 1. The van der Waals surface area contributed by atoms with E-state index in [1.54, 1.807) is 0 Å². The number of nitrogens with zero attached hydrogens (tertiary/aromatic N) is 1. The van der Waals surface area contributed by atoms with Gasteiger partial charge in [-0.2, -0.15) is 0 Å². The van der Waals surface area contributed by atoms with E-state index in [-0.39, 0.29) is 0 Å². The van der Waals surface area contributed by atoms with Gasteiger partial charge in [-0.1, -0.05) is 18.2 Å². The number of rotatable bonds is 5. The summed E-state index contributed by atoms with van der Waals surface area (Å²) in [6.45, 7) is 7.60. The molecule has 122 valence electrons. The standard InChI is InChI=1S/C19H24N2OS/c1-5-22-18-8-6-16(7-9-18)13-21(4)19(23)20-17-11-14(2)10-15(3)12-17/h6-12H,5,13H2,1-4H3,(H,20,23). The highest BCUT2D eigenvalue weighted by Gasteiger charge is 2.06. The molecule has 2 aromatic carbocycles. The van der Waals surface area contributed by atoms with Gasteiger partial charge in [0.15, 0.2) is 5.11 Å². The third kappa shape index (κ3) is 5.25. The van der Waals surface area contributed by atoms with Crippen LogP contribution in [-0.4, -0.2) is 23.7 Å². The van der Waals surface area contributed by atoms with Gasteiger partial charge in [0.05, 0.1) is 6.61 Å². The molecule has 0 aromatic heterocycles. The summed E-state index contributed by atoms with van der Waals surface area (Å²) in [7, 11) is 1.99. The highest BCUT2D eigenvalue weighted by Crippen LogP contribution is 2.16. The third-order valence-electron chi connectivity index (χ3n) is 3.47. The molecule has 23 heavy (non-hydrogen) atoms. The molecule has 0 fully saturated rings. The van der Waals surface area contributed by atoms with E-state index < -0.39 is 0 Å². The van der Waals surface area contributed by atoms with Crippen LogP contribution < -0.4 is 10.1 Å². The van der Waals surface area contributed by atoms with E-state index in [0.717, 1.165) is 18.0 Å². The molecule has 0 amide bonds.